The fraction of sp³-hybridized carbons (Fsp3) is 0.316. The van der Waals surface area contributed by atoms with Crippen LogP contribution in [0.3, 0.4) is 0 Å². The predicted octanol–water partition coefficient (Wildman–Crippen LogP) is 2.17. The maximum absolute atomic E-state index is 13.8. The number of alkyl halides is 1. The highest BCUT2D eigenvalue weighted by Gasteiger charge is 2.28. The van der Waals surface area contributed by atoms with E-state index in [2.05, 4.69) is 5.32 Å². The SMILES string of the molecule is CS(=O)(=O)c1ccc(F)cc1CN1CCC(Cl)C/C1=C1/NC=CC=C1C(N)=O. The fourth-order valence-electron chi connectivity index (χ4n) is 3.43. The van der Waals surface area contributed by atoms with E-state index in [1.165, 1.54) is 12.1 Å². The third-order valence-electron chi connectivity index (χ3n) is 4.70. The van der Waals surface area contributed by atoms with Crippen molar-refractivity contribution >= 4 is 27.3 Å². The highest BCUT2D eigenvalue weighted by molar-refractivity contribution is 7.90. The van der Waals surface area contributed by atoms with Gasteiger partial charge in [-0.1, -0.05) is 0 Å². The van der Waals surface area contributed by atoms with E-state index in [1.807, 2.05) is 4.90 Å². The zero-order chi connectivity index (χ0) is 20.5. The summed E-state index contributed by atoms with van der Waals surface area (Å²) in [6.07, 6.45) is 7.19. The first-order valence-corrected chi connectivity index (χ1v) is 11.0. The van der Waals surface area contributed by atoms with Crippen LogP contribution in [0.1, 0.15) is 18.4 Å². The van der Waals surface area contributed by atoms with E-state index in [4.69, 9.17) is 17.3 Å². The zero-order valence-corrected chi connectivity index (χ0v) is 16.9. The van der Waals surface area contributed by atoms with E-state index in [0.29, 0.717) is 36.2 Å². The Morgan fingerprint density at radius 1 is 1.43 bits per heavy atom. The molecule has 3 rings (SSSR count). The number of nitrogens with two attached hydrogens (primary N) is 1. The molecule has 9 heteroatoms. The van der Waals surface area contributed by atoms with E-state index in [1.54, 1.807) is 18.4 Å². The van der Waals surface area contributed by atoms with Crippen molar-refractivity contribution in [1.82, 2.24) is 10.2 Å². The molecule has 3 N–H and O–H groups in total. The van der Waals surface area contributed by atoms with Gasteiger partial charge in [0.15, 0.2) is 9.84 Å². The average molecular weight is 426 g/mol. The molecule has 2 heterocycles. The molecule has 0 spiro atoms. The molecule has 2 aliphatic rings. The van der Waals surface area contributed by atoms with Gasteiger partial charge in [0.1, 0.15) is 5.82 Å². The average Bonchev–Trinajstić information content (AvgIpc) is 2.62. The van der Waals surface area contributed by atoms with Crippen molar-refractivity contribution in [3.8, 4) is 0 Å². The second-order valence-electron chi connectivity index (χ2n) is 6.81. The van der Waals surface area contributed by atoms with Crippen LogP contribution in [0, 0.1) is 5.82 Å². The van der Waals surface area contributed by atoms with E-state index >= 15 is 0 Å². The van der Waals surface area contributed by atoms with E-state index in [-0.39, 0.29) is 16.8 Å². The maximum Gasteiger partial charge on any atom is 0.250 e. The number of primary amides is 1. The molecule has 6 nitrogen and oxygen atoms in total. The molecule has 150 valence electrons. The number of hydrogen-bond donors (Lipinski definition) is 2. The van der Waals surface area contributed by atoms with Crippen molar-refractivity contribution in [2.24, 2.45) is 5.73 Å². The molecule has 1 aromatic rings. The lowest BCUT2D eigenvalue weighted by molar-refractivity contribution is -0.114. The van der Waals surface area contributed by atoms with Crippen LogP contribution in [0.4, 0.5) is 4.39 Å². The molecule has 1 unspecified atom stereocenters. The molecule has 1 fully saturated rings. The van der Waals surface area contributed by atoms with Crippen LogP contribution in [0.15, 0.2) is 58.4 Å². The number of nitrogens with zero attached hydrogens (tertiary/aromatic N) is 1. The Kier molecular flexibility index (Phi) is 5.81. The Morgan fingerprint density at radius 3 is 2.86 bits per heavy atom. The summed E-state index contributed by atoms with van der Waals surface area (Å²) in [5.41, 5.74) is 7.45. The third-order valence-corrected chi connectivity index (χ3v) is 6.27. The van der Waals surface area contributed by atoms with Crippen molar-refractivity contribution in [2.45, 2.75) is 29.7 Å². The van der Waals surface area contributed by atoms with Crippen molar-refractivity contribution in [1.29, 1.82) is 0 Å². The molecule has 28 heavy (non-hydrogen) atoms. The molecule has 1 amide bonds. The van der Waals surface area contributed by atoms with Gasteiger partial charge >= 0.3 is 0 Å². The number of carbonyl (C=O) groups excluding carboxylic acids is 1. The number of amides is 1. The Hall–Kier alpha value is -2.32. The maximum atomic E-state index is 13.8. The monoisotopic (exact) mass is 425 g/mol. The minimum absolute atomic E-state index is 0.0772. The summed E-state index contributed by atoms with van der Waals surface area (Å²) in [7, 11) is -3.53. The summed E-state index contributed by atoms with van der Waals surface area (Å²) in [6, 6.07) is 3.63. The molecule has 0 aliphatic carbocycles. The zero-order valence-electron chi connectivity index (χ0n) is 15.3. The number of rotatable bonds is 4. The van der Waals surface area contributed by atoms with E-state index in [0.717, 1.165) is 18.0 Å². The van der Waals surface area contributed by atoms with Gasteiger partial charge in [-0.05, 0) is 42.3 Å². The topological polar surface area (TPSA) is 92.5 Å². The van der Waals surface area contributed by atoms with Crippen LogP contribution in [-0.4, -0.2) is 37.4 Å². The quantitative estimate of drug-likeness (QED) is 0.569. The number of piperidine rings is 1. The Labute approximate surface area is 168 Å². The first-order valence-electron chi connectivity index (χ1n) is 8.71. The van der Waals surface area contributed by atoms with Gasteiger partial charge in [-0.15, -0.1) is 11.6 Å². The Balaban J connectivity index is 2.05. The number of hydrogen-bond acceptors (Lipinski definition) is 5. The molecule has 2 aliphatic heterocycles. The second-order valence-corrected chi connectivity index (χ2v) is 9.41. The molecule has 1 aromatic carbocycles. The van der Waals surface area contributed by atoms with Crippen molar-refractivity contribution in [2.75, 3.05) is 12.8 Å². The summed E-state index contributed by atoms with van der Waals surface area (Å²) in [5, 5.41) is 2.91. The molecule has 1 saturated heterocycles. The minimum Gasteiger partial charge on any atom is -0.369 e. The van der Waals surface area contributed by atoms with Gasteiger partial charge in [-0.25, -0.2) is 12.8 Å². The van der Waals surface area contributed by atoms with Crippen LogP contribution in [-0.2, 0) is 21.2 Å². The molecule has 0 saturated carbocycles. The number of carbonyl (C=O) groups is 1. The molecule has 1 atom stereocenters. The summed E-state index contributed by atoms with van der Waals surface area (Å²) < 4.78 is 38.1. The van der Waals surface area contributed by atoms with Gasteiger partial charge in [0.2, 0.25) is 0 Å². The van der Waals surface area contributed by atoms with Crippen LogP contribution < -0.4 is 11.1 Å². The molecule has 0 radical (unpaired) electrons. The first-order chi connectivity index (χ1) is 13.2. The Morgan fingerprint density at radius 2 is 2.18 bits per heavy atom. The van der Waals surface area contributed by atoms with Crippen molar-refractivity contribution < 1.29 is 17.6 Å². The smallest absolute Gasteiger partial charge is 0.250 e. The summed E-state index contributed by atoms with van der Waals surface area (Å²) >= 11 is 6.36. The van der Waals surface area contributed by atoms with Gasteiger partial charge in [-0.3, -0.25) is 4.79 Å². The van der Waals surface area contributed by atoms with Crippen LogP contribution in [0.5, 0.6) is 0 Å². The number of nitrogens with one attached hydrogen (secondary N) is 1. The Bertz CT molecular complexity index is 1000. The summed E-state index contributed by atoms with van der Waals surface area (Å²) in [6.45, 7) is 0.699. The first kappa shape index (κ1) is 20.4. The van der Waals surface area contributed by atoms with Gasteiger partial charge in [0.25, 0.3) is 5.91 Å². The van der Waals surface area contributed by atoms with Crippen LogP contribution >= 0.6 is 11.6 Å². The second kappa shape index (κ2) is 7.97. The number of dihydropyridines is 1. The number of likely N-dealkylation sites (tertiary alicyclic amines) is 1. The van der Waals surface area contributed by atoms with E-state index < -0.39 is 21.6 Å². The van der Waals surface area contributed by atoms with Gasteiger partial charge in [-0.2, -0.15) is 0 Å². The largest absolute Gasteiger partial charge is 0.369 e. The van der Waals surface area contributed by atoms with Crippen LogP contribution in [0.25, 0.3) is 0 Å². The standard InChI is InChI=1S/C19H21ClFN3O3S/c1-28(26,27)17-5-4-14(21)9-12(17)11-24-8-6-13(20)10-16(24)18-15(19(22)25)3-2-7-23-18/h2-5,7,9,13,23H,6,8,10-11H2,1H3,(H2,22,25)/b18-16-. The highest BCUT2D eigenvalue weighted by atomic mass is 35.5. The van der Waals surface area contributed by atoms with Gasteiger partial charge < -0.3 is 16.0 Å². The number of benzene rings is 1. The predicted molar refractivity (Wildman–Crippen MR) is 105 cm³/mol. The van der Waals surface area contributed by atoms with Gasteiger partial charge in [0, 0.05) is 43.0 Å². The minimum atomic E-state index is -3.53. The highest BCUT2D eigenvalue weighted by Crippen LogP contribution is 2.32. The summed E-state index contributed by atoms with van der Waals surface area (Å²) in [5.74, 6) is -1.10. The molecule has 0 aromatic heterocycles. The third kappa shape index (κ3) is 4.39. The van der Waals surface area contributed by atoms with Crippen LogP contribution in [0.2, 0.25) is 0 Å². The van der Waals surface area contributed by atoms with Crippen molar-refractivity contribution in [3.05, 3.63) is 64.9 Å². The summed E-state index contributed by atoms with van der Waals surface area (Å²) in [4.78, 5) is 13.8. The molecular weight excluding hydrogens is 405 g/mol. The number of allylic oxidation sites excluding steroid dienone is 3. The fourth-order valence-corrected chi connectivity index (χ4v) is 4.59. The van der Waals surface area contributed by atoms with Gasteiger partial charge in [0.05, 0.1) is 16.2 Å². The molecule has 0 bridgehead atoms. The van der Waals surface area contributed by atoms with E-state index in [9.17, 15) is 17.6 Å². The lowest BCUT2D eigenvalue weighted by atomic mass is 9.99. The lowest BCUT2D eigenvalue weighted by Gasteiger charge is -2.36. The molecular formula is C19H21ClFN3O3S. The number of halogens is 2. The lowest BCUT2D eigenvalue weighted by Crippen LogP contribution is -2.36. The number of sulfone groups is 1. The normalized spacial score (nSPS) is 22.6. The van der Waals surface area contributed by atoms with Crippen molar-refractivity contribution in [3.63, 3.8) is 0 Å².